The fraction of sp³-hybridized carbons (Fsp3) is 0.310. The highest BCUT2D eigenvalue weighted by Crippen LogP contribution is 2.24. The van der Waals surface area contributed by atoms with Crippen LogP contribution in [-0.2, 0) is 16.0 Å². The van der Waals surface area contributed by atoms with E-state index in [-0.39, 0.29) is 18.2 Å². The number of nitrogens with two attached hydrogens (primary N) is 1. The predicted octanol–water partition coefficient (Wildman–Crippen LogP) is 4.69. The van der Waals surface area contributed by atoms with Gasteiger partial charge in [-0.25, -0.2) is 4.79 Å². The van der Waals surface area contributed by atoms with Crippen LogP contribution < -0.4 is 16.1 Å². The quantitative estimate of drug-likeness (QED) is 0.291. The molecule has 196 valence electrons. The molecule has 2 unspecified atom stereocenters. The van der Waals surface area contributed by atoms with E-state index in [4.69, 9.17) is 22.3 Å². The van der Waals surface area contributed by atoms with Crippen molar-refractivity contribution in [1.29, 1.82) is 0 Å². The van der Waals surface area contributed by atoms with Crippen molar-refractivity contribution in [3.05, 3.63) is 89.5 Å². The third kappa shape index (κ3) is 8.05. The molecule has 1 aliphatic rings. The zero-order chi connectivity index (χ0) is 26.8. The summed E-state index contributed by atoms with van der Waals surface area (Å²) < 4.78 is 0. The summed E-state index contributed by atoms with van der Waals surface area (Å²) in [6, 6.07) is 13.9. The van der Waals surface area contributed by atoms with Crippen LogP contribution >= 0.6 is 11.6 Å². The lowest BCUT2D eigenvalue weighted by Gasteiger charge is -2.33. The Bertz CT molecular complexity index is 1140. The minimum atomic E-state index is -1.06. The van der Waals surface area contributed by atoms with Crippen LogP contribution in [0.2, 0.25) is 0 Å². The predicted molar refractivity (Wildman–Crippen MR) is 147 cm³/mol. The molecule has 7 nitrogen and oxygen atoms in total. The first-order valence-corrected chi connectivity index (χ1v) is 12.7. The number of benzene rings is 2. The summed E-state index contributed by atoms with van der Waals surface area (Å²) in [4.78, 5) is 31.9. The van der Waals surface area contributed by atoms with Gasteiger partial charge in [-0.15, -0.1) is 0 Å². The van der Waals surface area contributed by atoms with Gasteiger partial charge in [0.15, 0.2) is 0 Å². The first-order valence-electron chi connectivity index (χ1n) is 12.3. The van der Waals surface area contributed by atoms with Crippen molar-refractivity contribution >= 4 is 23.5 Å². The van der Waals surface area contributed by atoms with Gasteiger partial charge in [0.05, 0.1) is 5.92 Å². The van der Waals surface area contributed by atoms with Crippen LogP contribution in [0.25, 0.3) is 11.1 Å². The number of aliphatic carboxylic acids is 1. The monoisotopic (exact) mass is 523 g/mol. The van der Waals surface area contributed by atoms with Gasteiger partial charge >= 0.3 is 5.97 Å². The van der Waals surface area contributed by atoms with E-state index in [1.54, 1.807) is 18.2 Å². The topological polar surface area (TPSA) is 105 Å². The van der Waals surface area contributed by atoms with Crippen LogP contribution in [0.5, 0.6) is 5.75 Å². The minimum Gasteiger partial charge on any atom is -0.480 e. The highest BCUT2D eigenvalue weighted by molar-refractivity contribution is 6.32. The zero-order valence-corrected chi connectivity index (χ0v) is 21.8. The molecular formula is C29H34ClN3O4. The van der Waals surface area contributed by atoms with Crippen molar-refractivity contribution in [2.45, 2.75) is 32.2 Å². The number of allylic oxidation sites excluding steroid dienone is 3. The van der Waals surface area contributed by atoms with Crippen molar-refractivity contribution in [2.24, 2.45) is 11.8 Å². The second-order valence-electron chi connectivity index (χ2n) is 9.08. The molecule has 0 aromatic heterocycles. The zero-order valence-electron chi connectivity index (χ0n) is 21.0. The molecule has 1 heterocycles. The molecule has 0 bridgehead atoms. The van der Waals surface area contributed by atoms with E-state index in [0.29, 0.717) is 23.9 Å². The summed E-state index contributed by atoms with van der Waals surface area (Å²) in [6.45, 7) is 7.63. The highest BCUT2D eigenvalue weighted by atomic mass is 35.5. The van der Waals surface area contributed by atoms with E-state index < -0.39 is 12.0 Å². The fourth-order valence-electron chi connectivity index (χ4n) is 4.47. The molecule has 0 radical (unpaired) electrons. The number of halogens is 1. The van der Waals surface area contributed by atoms with Crippen molar-refractivity contribution < 1.29 is 19.5 Å². The molecule has 0 saturated carbocycles. The first kappa shape index (κ1) is 28.2. The standard InChI is InChI=1S/C29H34ClN3O4/c1-3-6-23(26(30)4-2)18-33-16-5-7-24(19-33)28(34)32-27(29(35)36)17-20-8-10-21(11-9-20)22-12-14-25(37-31)15-13-22/h3-4,6,8-15,24,27H,1,5,7,16-19,31H2,2H3,(H,32,34)(H,35,36)/b23-6-,26-4+. The fourth-order valence-corrected chi connectivity index (χ4v) is 4.60. The second-order valence-corrected chi connectivity index (χ2v) is 9.49. The Labute approximate surface area is 223 Å². The van der Waals surface area contributed by atoms with Gasteiger partial charge < -0.3 is 15.3 Å². The van der Waals surface area contributed by atoms with E-state index in [1.807, 2.05) is 55.5 Å². The van der Waals surface area contributed by atoms with Crippen LogP contribution in [-0.4, -0.2) is 47.6 Å². The van der Waals surface area contributed by atoms with Crippen LogP contribution in [0.1, 0.15) is 25.3 Å². The molecule has 1 fully saturated rings. The Kier molecular flexibility index (Phi) is 10.5. The number of nitrogens with zero attached hydrogens (tertiary/aromatic N) is 1. The summed E-state index contributed by atoms with van der Waals surface area (Å²) >= 11 is 6.33. The Morgan fingerprint density at radius 1 is 1.22 bits per heavy atom. The van der Waals surface area contributed by atoms with Crippen molar-refractivity contribution in [3.63, 3.8) is 0 Å². The number of carboxylic acids is 1. The number of carbonyl (C=O) groups is 2. The minimum absolute atomic E-state index is 0.195. The third-order valence-electron chi connectivity index (χ3n) is 6.48. The average Bonchev–Trinajstić information content (AvgIpc) is 2.92. The van der Waals surface area contributed by atoms with Gasteiger partial charge in [-0.3, -0.25) is 9.69 Å². The Balaban J connectivity index is 1.61. The molecule has 3 rings (SSSR count). The molecule has 2 atom stereocenters. The Morgan fingerprint density at radius 3 is 2.43 bits per heavy atom. The summed E-state index contributed by atoms with van der Waals surface area (Å²) in [6.07, 6.45) is 7.18. The number of hydrogen-bond acceptors (Lipinski definition) is 5. The maximum absolute atomic E-state index is 13.1. The smallest absolute Gasteiger partial charge is 0.326 e. The van der Waals surface area contributed by atoms with E-state index >= 15 is 0 Å². The number of carboxylic acid groups (broad SMARTS) is 1. The number of amides is 1. The van der Waals surface area contributed by atoms with Gasteiger partial charge in [0.1, 0.15) is 11.8 Å². The molecular weight excluding hydrogens is 490 g/mol. The highest BCUT2D eigenvalue weighted by Gasteiger charge is 2.29. The molecule has 37 heavy (non-hydrogen) atoms. The largest absolute Gasteiger partial charge is 0.480 e. The lowest BCUT2D eigenvalue weighted by Crippen LogP contribution is -2.49. The van der Waals surface area contributed by atoms with Crippen LogP contribution in [0.15, 0.2) is 83.9 Å². The summed E-state index contributed by atoms with van der Waals surface area (Å²) in [7, 11) is 0. The maximum atomic E-state index is 13.1. The van der Waals surface area contributed by atoms with Crippen molar-refractivity contribution in [3.8, 4) is 16.9 Å². The van der Waals surface area contributed by atoms with Crippen LogP contribution in [0, 0.1) is 5.92 Å². The second kappa shape index (κ2) is 13.8. The van der Waals surface area contributed by atoms with Gasteiger partial charge in [-0.1, -0.05) is 72.8 Å². The van der Waals surface area contributed by atoms with Crippen molar-refractivity contribution in [2.75, 3.05) is 19.6 Å². The molecule has 1 amide bonds. The van der Waals surface area contributed by atoms with E-state index in [9.17, 15) is 14.7 Å². The lowest BCUT2D eigenvalue weighted by molar-refractivity contribution is -0.142. The van der Waals surface area contributed by atoms with Gasteiger partial charge in [-0.05, 0) is 60.7 Å². The van der Waals surface area contributed by atoms with Gasteiger partial charge in [0.25, 0.3) is 0 Å². The van der Waals surface area contributed by atoms with Crippen LogP contribution in [0.3, 0.4) is 0 Å². The number of rotatable bonds is 11. The SMILES string of the molecule is C=C/C=C(CN1CCCC(C(=O)NC(Cc2ccc(-c3ccc(ON)cc3)cc2)C(=O)O)C1)\C(Cl)=C/C. The number of nitrogens with one attached hydrogen (secondary N) is 1. The van der Waals surface area contributed by atoms with Gasteiger partial charge in [0.2, 0.25) is 5.91 Å². The Morgan fingerprint density at radius 2 is 1.86 bits per heavy atom. The maximum Gasteiger partial charge on any atom is 0.326 e. The molecule has 1 saturated heterocycles. The molecule has 2 aromatic carbocycles. The molecule has 4 N–H and O–H groups in total. The molecule has 0 spiro atoms. The first-order chi connectivity index (χ1) is 17.8. The van der Waals surface area contributed by atoms with E-state index in [2.05, 4.69) is 16.8 Å². The lowest BCUT2D eigenvalue weighted by atomic mass is 9.95. The van der Waals surface area contributed by atoms with Crippen molar-refractivity contribution in [1.82, 2.24) is 10.2 Å². The molecule has 8 heteroatoms. The number of hydrogen-bond donors (Lipinski definition) is 3. The number of carbonyl (C=O) groups excluding carboxylic acids is 1. The molecule has 1 aliphatic heterocycles. The third-order valence-corrected chi connectivity index (χ3v) is 6.94. The molecule has 0 aliphatic carbocycles. The summed E-state index contributed by atoms with van der Waals surface area (Å²) in [5, 5.41) is 13.2. The van der Waals surface area contributed by atoms with Gasteiger partial charge in [-0.2, -0.15) is 5.90 Å². The number of piperidine rings is 1. The summed E-state index contributed by atoms with van der Waals surface area (Å²) in [5.74, 6) is 4.16. The molecule has 2 aromatic rings. The van der Waals surface area contributed by atoms with E-state index in [0.717, 1.165) is 41.6 Å². The van der Waals surface area contributed by atoms with Gasteiger partial charge in [0, 0.05) is 24.5 Å². The average molecular weight is 524 g/mol. The van der Waals surface area contributed by atoms with Crippen LogP contribution in [0.4, 0.5) is 0 Å². The Hall–Kier alpha value is -3.39. The summed E-state index contributed by atoms with van der Waals surface area (Å²) in [5.41, 5.74) is 3.73. The number of likely N-dealkylation sites (tertiary alicyclic amines) is 1. The normalized spacial score (nSPS) is 17.6. The van der Waals surface area contributed by atoms with E-state index in [1.165, 1.54) is 0 Å².